The van der Waals surface area contributed by atoms with E-state index < -0.39 is 0 Å². The van der Waals surface area contributed by atoms with Crippen molar-refractivity contribution in [2.75, 3.05) is 40.8 Å². The van der Waals surface area contributed by atoms with Crippen LogP contribution < -0.4 is 5.32 Å². The molecule has 1 N–H and O–H groups in total. The first-order valence-corrected chi connectivity index (χ1v) is 9.53. The molecule has 0 saturated heterocycles. The first-order chi connectivity index (χ1) is 12.5. The van der Waals surface area contributed by atoms with Gasteiger partial charge in [-0.2, -0.15) is 0 Å². The number of rotatable bonds is 8. The Labute approximate surface area is 157 Å². The molecule has 144 valence electrons. The lowest BCUT2D eigenvalue weighted by Gasteiger charge is -2.30. The van der Waals surface area contributed by atoms with E-state index >= 15 is 0 Å². The van der Waals surface area contributed by atoms with Gasteiger partial charge in [0.05, 0.1) is 0 Å². The Balaban J connectivity index is 1.70. The summed E-state index contributed by atoms with van der Waals surface area (Å²) in [7, 11) is 5.87. The molecule has 26 heavy (non-hydrogen) atoms. The molecule has 6 nitrogen and oxygen atoms in total. The maximum Gasteiger partial charge on any atom is 0.225 e. The highest BCUT2D eigenvalue weighted by atomic mass is 16.2. The van der Waals surface area contributed by atoms with Crippen molar-refractivity contribution in [3.63, 3.8) is 0 Å². The lowest BCUT2D eigenvalue weighted by molar-refractivity contribution is -0.137. The normalized spacial score (nSPS) is 20.0. The van der Waals surface area contributed by atoms with Gasteiger partial charge in [0.1, 0.15) is 0 Å². The Bertz CT molecular complexity index is 568. The quantitative estimate of drug-likeness (QED) is 0.764. The molecule has 0 bridgehead atoms. The summed E-state index contributed by atoms with van der Waals surface area (Å²) in [5.74, 6) is 0.473. The van der Waals surface area contributed by atoms with E-state index in [0.717, 1.165) is 38.6 Å². The second kappa shape index (κ2) is 10.3. The molecule has 0 aromatic carbocycles. The minimum atomic E-state index is 0.0586. The largest absolute Gasteiger partial charge is 0.355 e. The van der Waals surface area contributed by atoms with Gasteiger partial charge in [0.25, 0.3) is 0 Å². The lowest BCUT2D eigenvalue weighted by Crippen LogP contribution is -2.40. The summed E-state index contributed by atoms with van der Waals surface area (Å²) in [6, 6.07) is 3.97. The van der Waals surface area contributed by atoms with Crippen molar-refractivity contribution in [2.24, 2.45) is 11.8 Å². The average Bonchev–Trinajstić information content (AvgIpc) is 2.66. The van der Waals surface area contributed by atoms with Gasteiger partial charge < -0.3 is 15.1 Å². The molecule has 2 rings (SSSR count). The van der Waals surface area contributed by atoms with Crippen LogP contribution in [-0.4, -0.2) is 67.4 Å². The molecule has 1 aliphatic rings. The highest BCUT2D eigenvalue weighted by Crippen LogP contribution is 2.30. The van der Waals surface area contributed by atoms with E-state index in [4.69, 9.17) is 0 Å². The molecule has 0 atom stereocenters. The maximum atomic E-state index is 12.7. The van der Waals surface area contributed by atoms with Crippen LogP contribution in [0, 0.1) is 11.8 Å². The number of hydrogen-bond donors (Lipinski definition) is 1. The maximum absolute atomic E-state index is 12.7. The molecule has 0 radical (unpaired) electrons. The van der Waals surface area contributed by atoms with E-state index in [1.807, 2.05) is 38.2 Å². The highest BCUT2D eigenvalue weighted by molar-refractivity contribution is 5.81. The number of hydrogen-bond acceptors (Lipinski definition) is 4. The van der Waals surface area contributed by atoms with Crippen LogP contribution in [-0.2, 0) is 16.0 Å². The van der Waals surface area contributed by atoms with Gasteiger partial charge in [-0.15, -0.1) is 0 Å². The van der Waals surface area contributed by atoms with Crippen LogP contribution in [0.2, 0.25) is 0 Å². The van der Waals surface area contributed by atoms with Gasteiger partial charge >= 0.3 is 0 Å². The molecular weight excluding hydrogens is 328 g/mol. The molecule has 2 amide bonds. The molecule has 0 aliphatic heterocycles. The fourth-order valence-corrected chi connectivity index (χ4v) is 3.42. The standard InChI is InChI=1S/C20H32N4O2/c1-23(2)15-13-22-19(25)17-4-6-18(7-5-17)20(26)24(3)14-10-16-8-11-21-12-9-16/h8-9,11-12,17-18H,4-7,10,13-15H2,1-3H3,(H,22,25). The van der Waals surface area contributed by atoms with Crippen molar-refractivity contribution in [2.45, 2.75) is 32.1 Å². The van der Waals surface area contributed by atoms with Crippen LogP contribution in [0.25, 0.3) is 0 Å². The summed E-state index contributed by atoms with van der Waals surface area (Å²) in [6.07, 6.45) is 7.64. The topological polar surface area (TPSA) is 65.5 Å². The molecule has 1 aromatic rings. The first-order valence-electron chi connectivity index (χ1n) is 9.53. The van der Waals surface area contributed by atoms with E-state index in [-0.39, 0.29) is 23.7 Å². The lowest BCUT2D eigenvalue weighted by atomic mass is 9.81. The number of nitrogens with one attached hydrogen (secondary N) is 1. The summed E-state index contributed by atoms with van der Waals surface area (Å²) in [5, 5.41) is 3.01. The smallest absolute Gasteiger partial charge is 0.225 e. The van der Waals surface area contributed by atoms with Crippen molar-refractivity contribution in [1.29, 1.82) is 0 Å². The monoisotopic (exact) mass is 360 g/mol. The molecular formula is C20H32N4O2. The summed E-state index contributed by atoms with van der Waals surface area (Å²) in [4.78, 5) is 32.8. The van der Waals surface area contributed by atoms with E-state index in [0.29, 0.717) is 13.1 Å². The van der Waals surface area contributed by atoms with Gasteiger partial charge in [0.2, 0.25) is 11.8 Å². The van der Waals surface area contributed by atoms with Crippen LogP contribution in [0.5, 0.6) is 0 Å². The van der Waals surface area contributed by atoms with Crippen molar-refractivity contribution in [1.82, 2.24) is 20.1 Å². The number of carbonyl (C=O) groups is 2. The SMILES string of the molecule is CN(C)CCNC(=O)C1CCC(C(=O)N(C)CCc2ccncc2)CC1. The van der Waals surface area contributed by atoms with E-state index in [1.54, 1.807) is 12.4 Å². The Hall–Kier alpha value is -1.95. The third-order valence-electron chi connectivity index (χ3n) is 5.17. The van der Waals surface area contributed by atoms with Crippen LogP contribution >= 0.6 is 0 Å². The zero-order valence-corrected chi connectivity index (χ0v) is 16.3. The van der Waals surface area contributed by atoms with Gasteiger partial charge in [0.15, 0.2) is 0 Å². The number of carbonyl (C=O) groups excluding carboxylic acids is 2. The predicted octanol–water partition coefficient (Wildman–Crippen LogP) is 1.57. The predicted molar refractivity (Wildman–Crippen MR) is 103 cm³/mol. The fourth-order valence-electron chi connectivity index (χ4n) is 3.42. The molecule has 1 saturated carbocycles. The minimum Gasteiger partial charge on any atom is -0.355 e. The Morgan fingerprint density at radius 1 is 1.04 bits per heavy atom. The second-order valence-corrected chi connectivity index (χ2v) is 7.51. The number of likely N-dealkylation sites (N-methyl/N-ethyl adjacent to an activating group) is 2. The molecule has 1 heterocycles. The van der Waals surface area contributed by atoms with Crippen LogP contribution in [0.15, 0.2) is 24.5 Å². The number of amides is 2. The Morgan fingerprint density at radius 3 is 2.27 bits per heavy atom. The third-order valence-corrected chi connectivity index (χ3v) is 5.17. The van der Waals surface area contributed by atoms with Crippen molar-refractivity contribution < 1.29 is 9.59 Å². The summed E-state index contributed by atoms with van der Waals surface area (Å²) in [5.41, 5.74) is 1.19. The fraction of sp³-hybridized carbons (Fsp3) is 0.650. The van der Waals surface area contributed by atoms with Crippen molar-refractivity contribution in [3.05, 3.63) is 30.1 Å². The van der Waals surface area contributed by atoms with Gasteiger partial charge in [-0.05, 0) is 63.9 Å². The second-order valence-electron chi connectivity index (χ2n) is 7.51. The molecule has 0 unspecified atom stereocenters. The van der Waals surface area contributed by atoms with Gasteiger partial charge in [0, 0.05) is 50.9 Å². The Kier molecular flexibility index (Phi) is 8.04. The van der Waals surface area contributed by atoms with Gasteiger partial charge in [-0.25, -0.2) is 0 Å². The average molecular weight is 361 g/mol. The van der Waals surface area contributed by atoms with Gasteiger partial charge in [-0.3, -0.25) is 14.6 Å². The molecule has 1 aliphatic carbocycles. The minimum absolute atomic E-state index is 0.0586. The van der Waals surface area contributed by atoms with Crippen molar-refractivity contribution in [3.8, 4) is 0 Å². The van der Waals surface area contributed by atoms with Gasteiger partial charge in [-0.1, -0.05) is 0 Å². The zero-order valence-electron chi connectivity index (χ0n) is 16.3. The van der Waals surface area contributed by atoms with Crippen LogP contribution in [0.4, 0.5) is 0 Å². The van der Waals surface area contributed by atoms with Crippen LogP contribution in [0.1, 0.15) is 31.2 Å². The third kappa shape index (κ3) is 6.41. The Morgan fingerprint density at radius 2 is 1.65 bits per heavy atom. The highest BCUT2D eigenvalue weighted by Gasteiger charge is 2.31. The summed E-state index contributed by atoms with van der Waals surface area (Å²) in [6.45, 7) is 2.25. The van der Waals surface area contributed by atoms with E-state index in [9.17, 15) is 9.59 Å². The van der Waals surface area contributed by atoms with E-state index in [1.165, 1.54) is 5.56 Å². The number of pyridine rings is 1. The molecule has 6 heteroatoms. The first kappa shape index (κ1) is 20.4. The van der Waals surface area contributed by atoms with E-state index in [2.05, 4.69) is 15.2 Å². The zero-order chi connectivity index (χ0) is 18.9. The number of aromatic nitrogens is 1. The summed E-state index contributed by atoms with van der Waals surface area (Å²) < 4.78 is 0. The molecule has 0 spiro atoms. The number of nitrogens with zero attached hydrogens (tertiary/aromatic N) is 3. The van der Waals surface area contributed by atoms with Crippen LogP contribution in [0.3, 0.4) is 0 Å². The molecule has 1 fully saturated rings. The van der Waals surface area contributed by atoms with Crippen molar-refractivity contribution >= 4 is 11.8 Å². The molecule has 1 aromatic heterocycles. The summed E-state index contributed by atoms with van der Waals surface area (Å²) >= 11 is 0.